The van der Waals surface area contributed by atoms with Crippen molar-refractivity contribution in [1.29, 1.82) is 0 Å². The minimum absolute atomic E-state index is 0. The Morgan fingerprint density at radius 1 is 1.16 bits per heavy atom. The summed E-state index contributed by atoms with van der Waals surface area (Å²) in [4.78, 5) is 4.67. The maximum atomic E-state index is 11.6. The number of halogens is 1. The van der Waals surface area contributed by atoms with Crippen LogP contribution < -0.4 is 11.1 Å². The number of nitrogens with zero attached hydrogens (tertiary/aromatic N) is 1. The number of nitrogens with two attached hydrogens (primary N) is 1. The number of guanidine groups is 1. The van der Waals surface area contributed by atoms with Crippen LogP contribution in [0.15, 0.2) is 28.1 Å². The van der Waals surface area contributed by atoms with Crippen LogP contribution in [0.1, 0.15) is 56.6 Å². The molecule has 0 saturated heterocycles. The molecular formula is C18H32IN3O2S. The van der Waals surface area contributed by atoms with Crippen LogP contribution in [0, 0.1) is 6.92 Å². The van der Waals surface area contributed by atoms with Crippen LogP contribution in [0.2, 0.25) is 0 Å². The van der Waals surface area contributed by atoms with Crippen LogP contribution >= 0.6 is 24.0 Å². The minimum Gasteiger partial charge on any atom is -0.370 e. The first-order chi connectivity index (χ1) is 11.3. The van der Waals surface area contributed by atoms with Crippen LogP contribution in [0.3, 0.4) is 0 Å². The lowest BCUT2D eigenvalue weighted by molar-refractivity contribution is 0.601. The number of aliphatic imine (C=N–C) groups is 1. The molecule has 1 aromatic rings. The Hall–Kier alpha value is -0.830. The van der Waals surface area contributed by atoms with Gasteiger partial charge in [0.05, 0.1) is 11.4 Å². The van der Waals surface area contributed by atoms with Gasteiger partial charge in [-0.2, -0.15) is 0 Å². The van der Waals surface area contributed by atoms with Crippen LogP contribution in [-0.2, 0) is 16.4 Å². The van der Waals surface area contributed by atoms with Crippen LogP contribution in [0.5, 0.6) is 0 Å². The smallest absolute Gasteiger partial charge is 0.188 e. The molecule has 0 amide bonds. The topological polar surface area (TPSA) is 84.5 Å². The average Bonchev–Trinajstić information content (AvgIpc) is 2.51. The summed E-state index contributed by atoms with van der Waals surface area (Å²) >= 11 is 0. The fourth-order valence-corrected chi connectivity index (χ4v) is 3.54. The molecule has 0 saturated carbocycles. The van der Waals surface area contributed by atoms with Gasteiger partial charge in [-0.05, 0) is 30.5 Å². The Morgan fingerprint density at radius 2 is 1.80 bits per heavy atom. The number of hydrogen-bond acceptors (Lipinski definition) is 3. The molecule has 144 valence electrons. The molecule has 0 aromatic heterocycles. The van der Waals surface area contributed by atoms with Gasteiger partial charge in [0.2, 0.25) is 0 Å². The van der Waals surface area contributed by atoms with Crippen LogP contribution in [0.4, 0.5) is 0 Å². The van der Waals surface area contributed by atoms with E-state index in [2.05, 4.69) is 17.2 Å². The van der Waals surface area contributed by atoms with Gasteiger partial charge in [-0.25, -0.2) is 13.4 Å². The first-order valence-electron chi connectivity index (χ1n) is 8.68. The van der Waals surface area contributed by atoms with Crippen molar-refractivity contribution in [2.45, 2.75) is 63.8 Å². The summed E-state index contributed by atoms with van der Waals surface area (Å²) in [6, 6.07) is 5.27. The number of nitrogens with one attached hydrogen (secondary N) is 1. The normalized spacial score (nSPS) is 11.9. The average molecular weight is 481 g/mol. The van der Waals surface area contributed by atoms with Gasteiger partial charge in [-0.15, -0.1) is 24.0 Å². The van der Waals surface area contributed by atoms with Crippen molar-refractivity contribution in [3.05, 3.63) is 29.3 Å². The molecule has 5 nitrogen and oxygen atoms in total. The Labute approximate surface area is 169 Å². The summed E-state index contributed by atoms with van der Waals surface area (Å²) in [5, 5.41) is 3.13. The summed E-state index contributed by atoms with van der Waals surface area (Å²) in [6.45, 7) is 5.30. The summed E-state index contributed by atoms with van der Waals surface area (Å²) < 4.78 is 23.2. The molecule has 0 unspecified atom stereocenters. The van der Waals surface area contributed by atoms with E-state index < -0.39 is 9.84 Å². The van der Waals surface area contributed by atoms with Gasteiger partial charge in [0.15, 0.2) is 15.8 Å². The number of hydrogen-bond donors (Lipinski definition) is 2. The Morgan fingerprint density at radius 3 is 2.40 bits per heavy atom. The summed E-state index contributed by atoms with van der Waals surface area (Å²) in [5.41, 5.74) is 7.55. The molecule has 0 aliphatic rings. The van der Waals surface area contributed by atoms with E-state index in [1.807, 2.05) is 6.07 Å². The van der Waals surface area contributed by atoms with E-state index in [-0.39, 0.29) is 24.0 Å². The van der Waals surface area contributed by atoms with Crippen LogP contribution in [0.25, 0.3) is 0 Å². The molecule has 0 spiro atoms. The zero-order valence-electron chi connectivity index (χ0n) is 15.5. The van der Waals surface area contributed by atoms with Gasteiger partial charge in [0.1, 0.15) is 0 Å². The van der Waals surface area contributed by atoms with Gasteiger partial charge < -0.3 is 11.1 Å². The maximum absolute atomic E-state index is 11.6. The van der Waals surface area contributed by atoms with Gasteiger partial charge in [-0.3, -0.25) is 0 Å². The number of unbranched alkanes of at least 4 members (excludes halogenated alkanes) is 5. The van der Waals surface area contributed by atoms with Crippen molar-refractivity contribution in [3.63, 3.8) is 0 Å². The second kappa shape index (κ2) is 12.5. The molecule has 0 radical (unpaired) electrons. The third-order valence-electron chi connectivity index (χ3n) is 3.91. The molecule has 1 aromatic carbocycles. The van der Waals surface area contributed by atoms with E-state index in [0.29, 0.717) is 17.4 Å². The lowest BCUT2D eigenvalue weighted by Crippen LogP contribution is -2.32. The second-order valence-corrected chi connectivity index (χ2v) is 8.25. The van der Waals surface area contributed by atoms with Gasteiger partial charge >= 0.3 is 0 Å². The highest BCUT2D eigenvalue weighted by atomic mass is 127. The number of sulfone groups is 1. The molecule has 0 atom stereocenters. The molecule has 0 fully saturated rings. The number of aryl methyl sites for hydroxylation is 1. The fourth-order valence-electron chi connectivity index (χ4n) is 2.58. The highest BCUT2D eigenvalue weighted by molar-refractivity contribution is 14.0. The van der Waals surface area contributed by atoms with Gasteiger partial charge in [0, 0.05) is 12.8 Å². The number of rotatable bonds is 10. The van der Waals surface area contributed by atoms with Crippen molar-refractivity contribution in [2.75, 3.05) is 12.8 Å². The molecule has 7 heteroatoms. The lowest BCUT2D eigenvalue weighted by atomic mass is 10.1. The van der Waals surface area contributed by atoms with E-state index >= 15 is 0 Å². The molecule has 0 bridgehead atoms. The zero-order valence-corrected chi connectivity index (χ0v) is 18.7. The lowest BCUT2D eigenvalue weighted by Gasteiger charge is -2.07. The Balaban J connectivity index is 0.00000576. The Kier molecular flexibility index (Phi) is 12.1. The number of benzene rings is 1. The first-order valence-corrected chi connectivity index (χ1v) is 10.6. The summed E-state index contributed by atoms with van der Waals surface area (Å²) in [7, 11) is -3.18. The molecule has 3 N–H and O–H groups in total. The zero-order chi connectivity index (χ0) is 18.0. The standard InChI is InChI=1S/C18H31N3O2S.HI/c1-4-5-6-7-8-9-12-20-18(19)21-14-16-10-11-17(15(2)13-16)24(3,22)23;/h10-11,13H,4-9,12,14H2,1-3H3,(H3,19,20,21);1H. The molecule has 0 aliphatic heterocycles. The quantitative estimate of drug-likeness (QED) is 0.231. The third kappa shape index (κ3) is 10.0. The van der Waals surface area contributed by atoms with Crippen molar-refractivity contribution >= 4 is 39.8 Å². The van der Waals surface area contributed by atoms with Crippen LogP contribution in [-0.4, -0.2) is 27.2 Å². The van der Waals surface area contributed by atoms with Crippen molar-refractivity contribution in [2.24, 2.45) is 10.7 Å². The van der Waals surface area contributed by atoms with Gasteiger partial charge in [-0.1, -0.05) is 51.2 Å². The molecule has 0 heterocycles. The highest BCUT2D eigenvalue weighted by Crippen LogP contribution is 2.17. The predicted molar refractivity (Wildman–Crippen MR) is 116 cm³/mol. The van der Waals surface area contributed by atoms with E-state index in [1.165, 1.54) is 38.4 Å². The largest absolute Gasteiger partial charge is 0.370 e. The third-order valence-corrected chi connectivity index (χ3v) is 5.16. The summed E-state index contributed by atoms with van der Waals surface area (Å²) in [5.74, 6) is 0.438. The summed E-state index contributed by atoms with van der Waals surface area (Å²) in [6.07, 6.45) is 8.70. The molecular weight excluding hydrogens is 449 g/mol. The van der Waals surface area contributed by atoms with Crippen molar-refractivity contribution in [1.82, 2.24) is 5.32 Å². The fraction of sp³-hybridized carbons (Fsp3) is 0.611. The Bertz CT molecular complexity index is 646. The van der Waals surface area contributed by atoms with E-state index in [0.717, 1.165) is 24.1 Å². The molecule has 0 aliphatic carbocycles. The monoisotopic (exact) mass is 481 g/mol. The van der Waals surface area contributed by atoms with Gasteiger partial charge in [0.25, 0.3) is 0 Å². The van der Waals surface area contributed by atoms with Crippen molar-refractivity contribution < 1.29 is 8.42 Å². The second-order valence-electron chi connectivity index (χ2n) is 6.27. The van der Waals surface area contributed by atoms with E-state index in [9.17, 15) is 8.42 Å². The van der Waals surface area contributed by atoms with E-state index in [4.69, 9.17) is 5.73 Å². The highest BCUT2D eigenvalue weighted by Gasteiger charge is 2.10. The minimum atomic E-state index is -3.18. The maximum Gasteiger partial charge on any atom is 0.188 e. The predicted octanol–water partition coefficient (Wildman–Crippen LogP) is 3.78. The SMILES string of the molecule is CCCCCCCCNC(N)=NCc1ccc(S(C)(=O)=O)c(C)c1.I. The molecule has 25 heavy (non-hydrogen) atoms. The van der Waals surface area contributed by atoms with Crippen molar-refractivity contribution in [3.8, 4) is 0 Å². The molecule has 1 rings (SSSR count). The van der Waals surface area contributed by atoms with E-state index in [1.54, 1.807) is 19.1 Å². The first kappa shape index (κ1) is 24.2.